The predicted octanol–water partition coefficient (Wildman–Crippen LogP) is 4.35. The third-order valence-electron chi connectivity index (χ3n) is 7.34. The van der Waals surface area contributed by atoms with Gasteiger partial charge in [-0.1, -0.05) is 55.0 Å². The highest BCUT2D eigenvalue weighted by molar-refractivity contribution is 5.86. The summed E-state index contributed by atoms with van der Waals surface area (Å²) < 4.78 is 0. The van der Waals surface area contributed by atoms with Crippen LogP contribution in [0.4, 0.5) is 5.69 Å². The highest BCUT2D eigenvalue weighted by atomic mass is 16.1. The Kier molecular flexibility index (Phi) is 4.94. The molecule has 3 nitrogen and oxygen atoms in total. The maximum Gasteiger partial charge on any atom is 0.141 e. The number of hydrogen-bond donors (Lipinski definition) is 0. The van der Waals surface area contributed by atoms with Gasteiger partial charge < -0.3 is 4.90 Å². The average molecular weight is 375 g/mol. The van der Waals surface area contributed by atoms with E-state index >= 15 is 0 Å². The largest absolute Gasteiger partial charge is 0.369 e. The van der Waals surface area contributed by atoms with E-state index in [9.17, 15) is 4.79 Å². The predicted molar refractivity (Wildman–Crippen MR) is 114 cm³/mol. The maximum atomic E-state index is 13.3. The molecular weight excluding hydrogens is 344 g/mol. The quantitative estimate of drug-likeness (QED) is 0.798. The number of benzene rings is 2. The van der Waals surface area contributed by atoms with Gasteiger partial charge in [0.2, 0.25) is 0 Å². The Morgan fingerprint density at radius 2 is 1.36 bits per heavy atom. The van der Waals surface area contributed by atoms with Crippen LogP contribution in [0.5, 0.6) is 0 Å². The van der Waals surface area contributed by atoms with Crippen LogP contribution in [0.1, 0.15) is 37.2 Å². The molecule has 0 amide bonds. The van der Waals surface area contributed by atoms with Crippen LogP contribution >= 0.6 is 0 Å². The lowest BCUT2D eigenvalue weighted by Crippen LogP contribution is -2.57. The zero-order valence-electron chi connectivity index (χ0n) is 16.5. The minimum Gasteiger partial charge on any atom is -0.369 e. The van der Waals surface area contributed by atoms with Gasteiger partial charge in [0.05, 0.1) is 0 Å². The van der Waals surface area contributed by atoms with Crippen molar-refractivity contribution in [1.82, 2.24) is 4.90 Å². The van der Waals surface area contributed by atoms with Crippen LogP contribution in [0.25, 0.3) is 0 Å². The van der Waals surface area contributed by atoms with E-state index in [1.165, 1.54) is 17.7 Å². The Labute approximate surface area is 168 Å². The number of para-hydroxylation sites is 1. The van der Waals surface area contributed by atoms with Crippen LogP contribution in [-0.4, -0.2) is 42.9 Å². The molecule has 0 N–H and O–H groups in total. The van der Waals surface area contributed by atoms with E-state index in [2.05, 4.69) is 70.5 Å². The fraction of sp³-hybridized carbons (Fsp3) is 0.480. The van der Waals surface area contributed by atoms with Crippen LogP contribution < -0.4 is 4.90 Å². The highest BCUT2D eigenvalue weighted by Crippen LogP contribution is 2.47. The minimum atomic E-state index is 0.253. The third kappa shape index (κ3) is 3.26. The SMILES string of the molecule is O=C1C2CCCC1C(N1CCN(c3ccccc3)CC1)CC2c1ccccc1. The number of Topliss-reactive ketones (excluding diaryl/α,β-unsaturated/α-hetero) is 1. The Balaban J connectivity index is 1.34. The van der Waals surface area contributed by atoms with Crippen molar-refractivity contribution in [1.29, 1.82) is 0 Å². The summed E-state index contributed by atoms with van der Waals surface area (Å²) in [6.07, 6.45) is 4.55. The molecular formula is C25H30N2O. The van der Waals surface area contributed by atoms with Crippen LogP contribution in [0.3, 0.4) is 0 Å². The maximum absolute atomic E-state index is 13.3. The first-order valence-electron chi connectivity index (χ1n) is 10.9. The van der Waals surface area contributed by atoms with E-state index < -0.39 is 0 Å². The number of carbonyl (C=O) groups is 1. The van der Waals surface area contributed by atoms with Gasteiger partial charge in [-0.3, -0.25) is 9.69 Å². The van der Waals surface area contributed by atoms with Crippen molar-refractivity contribution in [3.05, 3.63) is 66.2 Å². The Morgan fingerprint density at radius 1 is 0.714 bits per heavy atom. The second-order valence-electron chi connectivity index (χ2n) is 8.73. The van der Waals surface area contributed by atoms with Gasteiger partial charge in [0.15, 0.2) is 0 Å². The monoisotopic (exact) mass is 374 g/mol. The Hall–Kier alpha value is -2.13. The van der Waals surface area contributed by atoms with Crippen molar-refractivity contribution in [3.8, 4) is 0 Å². The van der Waals surface area contributed by atoms with Gasteiger partial charge in [-0.05, 0) is 42.9 Å². The summed E-state index contributed by atoms with van der Waals surface area (Å²) in [7, 11) is 0. The molecule has 1 aliphatic heterocycles. The first kappa shape index (κ1) is 17.9. The summed E-state index contributed by atoms with van der Waals surface area (Å²) in [6.45, 7) is 4.24. The number of fused-ring (bicyclic) bond motifs is 2. The van der Waals surface area contributed by atoms with Crippen molar-refractivity contribution in [2.24, 2.45) is 11.8 Å². The normalized spacial score (nSPS) is 31.0. The van der Waals surface area contributed by atoms with E-state index in [1.807, 2.05) is 0 Å². The van der Waals surface area contributed by atoms with Gasteiger partial charge in [0.1, 0.15) is 5.78 Å². The van der Waals surface area contributed by atoms with E-state index in [-0.39, 0.29) is 11.8 Å². The summed E-state index contributed by atoms with van der Waals surface area (Å²) in [5, 5.41) is 0. The molecule has 2 aliphatic carbocycles. The highest BCUT2D eigenvalue weighted by Gasteiger charge is 2.48. The lowest BCUT2D eigenvalue weighted by Gasteiger charge is -2.50. The van der Waals surface area contributed by atoms with Gasteiger partial charge in [-0.15, -0.1) is 0 Å². The standard InChI is InChI=1S/C25H30N2O/c28-25-21-12-7-13-22(25)24(18-23(21)19-8-3-1-4-9-19)27-16-14-26(15-17-27)20-10-5-2-6-11-20/h1-6,8-11,21-24H,7,12-18H2. The number of piperazine rings is 1. The van der Waals surface area contributed by atoms with Crippen molar-refractivity contribution < 1.29 is 4.79 Å². The molecule has 3 fully saturated rings. The summed E-state index contributed by atoms with van der Waals surface area (Å²) in [4.78, 5) is 18.4. The summed E-state index contributed by atoms with van der Waals surface area (Å²) in [5.74, 6) is 1.48. The molecule has 28 heavy (non-hydrogen) atoms. The minimum absolute atomic E-state index is 0.253. The van der Waals surface area contributed by atoms with Crippen molar-refractivity contribution in [3.63, 3.8) is 0 Å². The molecule has 2 bridgehead atoms. The van der Waals surface area contributed by atoms with Gasteiger partial charge in [-0.2, -0.15) is 0 Å². The molecule has 0 spiro atoms. The summed E-state index contributed by atoms with van der Waals surface area (Å²) in [5.41, 5.74) is 2.69. The number of hydrogen-bond acceptors (Lipinski definition) is 3. The Morgan fingerprint density at radius 3 is 2.07 bits per heavy atom. The smallest absolute Gasteiger partial charge is 0.141 e. The number of anilines is 1. The number of ketones is 1. The number of nitrogens with zero attached hydrogens (tertiary/aromatic N) is 2. The Bertz CT molecular complexity index is 798. The fourth-order valence-electron chi connectivity index (χ4n) is 5.91. The first-order valence-corrected chi connectivity index (χ1v) is 10.9. The second-order valence-corrected chi connectivity index (χ2v) is 8.73. The molecule has 3 aliphatic rings. The van der Waals surface area contributed by atoms with Crippen molar-refractivity contribution in [2.75, 3.05) is 31.1 Å². The molecule has 146 valence electrons. The topological polar surface area (TPSA) is 23.6 Å². The molecule has 4 atom stereocenters. The fourth-order valence-corrected chi connectivity index (χ4v) is 5.91. The van der Waals surface area contributed by atoms with Crippen LogP contribution in [-0.2, 0) is 4.79 Å². The lowest BCUT2D eigenvalue weighted by atomic mass is 9.61. The number of carbonyl (C=O) groups excluding carboxylic acids is 1. The molecule has 2 aromatic carbocycles. The van der Waals surface area contributed by atoms with E-state index in [0.717, 1.165) is 45.4 Å². The zero-order chi connectivity index (χ0) is 18.9. The second kappa shape index (κ2) is 7.71. The zero-order valence-corrected chi connectivity index (χ0v) is 16.5. The van der Waals surface area contributed by atoms with Gasteiger partial charge in [0.25, 0.3) is 0 Å². The molecule has 1 heterocycles. The summed E-state index contributed by atoms with van der Waals surface area (Å²) in [6, 6.07) is 22.0. The molecule has 4 unspecified atom stereocenters. The number of rotatable bonds is 3. The molecule has 2 aromatic rings. The van der Waals surface area contributed by atoms with Crippen molar-refractivity contribution >= 4 is 11.5 Å². The molecule has 0 radical (unpaired) electrons. The van der Waals surface area contributed by atoms with Crippen LogP contribution in [0, 0.1) is 11.8 Å². The summed E-state index contributed by atoms with van der Waals surface area (Å²) >= 11 is 0. The molecule has 5 rings (SSSR count). The van der Waals surface area contributed by atoms with Crippen molar-refractivity contribution in [2.45, 2.75) is 37.6 Å². The van der Waals surface area contributed by atoms with E-state index in [1.54, 1.807) is 0 Å². The lowest BCUT2D eigenvalue weighted by molar-refractivity contribution is -0.137. The average Bonchev–Trinajstić information content (AvgIpc) is 2.75. The van der Waals surface area contributed by atoms with Gasteiger partial charge >= 0.3 is 0 Å². The first-order chi connectivity index (χ1) is 13.8. The van der Waals surface area contributed by atoms with Crippen LogP contribution in [0.2, 0.25) is 0 Å². The molecule has 1 saturated heterocycles. The van der Waals surface area contributed by atoms with E-state index in [0.29, 0.717) is 17.7 Å². The third-order valence-corrected chi connectivity index (χ3v) is 7.34. The van der Waals surface area contributed by atoms with Gasteiger partial charge in [0, 0.05) is 49.7 Å². The molecule has 3 heteroatoms. The molecule has 2 saturated carbocycles. The van der Waals surface area contributed by atoms with Crippen LogP contribution in [0.15, 0.2) is 60.7 Å². The molecule has 0 aromatic heterocycles. The van der Waals surface area contributed by atoms with Gasteiger partial charge in [-0.25, -0.2) is 0 Å². The van der Waals surface area contributed by atoms with E-state index in [4.69, 9.17) is 0 Å².